The highest BCUT2D eigenvalue weighted by Crippen LogP contribution is 2.39. The molecule has 96 valence electrons. The van der Waals surface area contributed by atoms with Gasteiger partial charge in [0.2, 0.25) is 0 Å². The van der Waals surface area contributed by atoms with E-state index in [9.17, 15) is 0 Å². The fourth-order valence-corrected chi connectivity index (χ4v) is 2.66. The standard InChI is InChI=1S/C14H15BrO3/c1-9-6-7-18-14(9)13(15)11-5-4-10(16-2)8-12(11)17-3/h4-8,13H,1-3H3. The van der Waals surface area contributed by atoms with E-state index in [-0.39, 0.29) is 4.83 Å². The van der Waals surface area contributed by atoms with E-state index in [1.807, 2.05) is 31.2 Å². The highest BCUT2D eigenvalue weighted by molar-refractivity contribution is 9.09. The van der Waals surface area contributed by atoms with Crippen LogP contribution in [0.5, 0.6) is 11.5 Å². The van der Waals surface area contributed by atoms with Crippen molar-refractivity contribution in [2.24, 2.45) is 0 Å². The number of hydrogen-bond acceptors (Lipinski definition) is 3. The largest absolute Gasteiger partial charge is 0.497 e. The number of halogens is 1. The van der Waals surface area contributed by atoms with Crippen molar-refractivity contribution in [1.29, 1.82) is 0 Å². The Kier molecular flexibility index (Phi) is 3.97. The lowest BCUT2D eigenvalue weighted by molar-refractivity contribution is 0.390. The first kappa shape index (κ1) is 13.0. The van der Waals surface area contributed by atoms with Gasteiger partial charge in [-0.05, 0) is 24.6 Å². The van der Waals surface area contributed by atoms with Crippen LogP contribution in [0.25, 0.3) is 0 Å². The number of benzene rings is 1. The molecule has 0 amide bonds. The van der Waals surface area contributed by atoms with Gasteiger partial charge in [-0.15, -0.1) is 0 Å². The average Bonchev–Trinajstić information content (AvgIpc) is 2.83. The van der Waals surface area contributed by atoms with E-state index in [0.717, 1.165) is 28.4 Å². The van der Waals surface area contributed by atoms with Crippen LogP contribution in [0.4, 0.5) is 0 Å². The third kappa shape index (κ3) is 2.38. The zero-order valence-electron chi connectivity index (χ0n) is 10.6. The molecule has 0 radical (unpaired) electrons. The summed E-state index contributed by atoms with van der Waals surface area (Å²) in [6.45, 7) is 2.02. The number of furan rings is 1. The molecule has 0 fully saturated rings. The van der Waals surface area contributed by atoms with Crippen molar-refractivity contribution in [3.05, 3.63) is 47.4 Å². The van der Waals surface area contributed by atoms with Gasteiger partial charge in [0, 0.05) is 11.6 Å². The Morgan fingerprint density at radius 1 is 1.17 bits per heavy atom. The SMILES string of the molecule is COc1ccc(C(Br)c2occc2C)c(OC)c1. The number of alkyl halides is 1. The first-order chi connectivity index (χ1) is 8.67. The first-order valence-electron chi connectivity index (χ1n) is 5.57. The summed E-state index contributed by atoms with van der Waals surface area (Å²) in [5, 5.41) is 0. The summed E-state index contributed by atoms with van der Waals surface area (Å²) in [6, 6.07) is 7.69. The van der Waals surface area contributed by atoms with Crippen molar-refractivity contribution in [1.82, 2.24) is 0 Å². The first-order valence-corrected chi connectivity index (χ1v) is 6.49. The van der Waals surface area contributed by atoms with Crippen LogP contribution in [0.3, 0.4) is 0 Å². The van der Waals surface area contributed by atoms with E-state index in [4.69, 9.17) is 13.9 Å². The molecule has 0 aliphatic carbocycles. The van der Waals surface area contributed by atoms with Crippen LogP contribution in [0.1, 0.15) is 21.7 Å². The lowest BCUT2D eigenvalue weighted by Crippen LogP contribution is -1.98. The second-order valence-corrected chi connectivity index (χ2v) is 4.85. The molecule has 0 aliphatic rings. The van der Waals surface area contributed by atoms with E-state index >= 15 is 0 Å². The minimum atomic E-state index is -0.0339. The molecule has 0 saturated carbocycles. The number of rotatable bonds is 4. The molecule has 0 aliphatic heterocycles. The predicted octanol–water partition coefficient (Wildman–Crippen LogP) is 4.09. The summed E-state index contributed by atoms with van der Waals surface area (Å²) in [6.07, 6.45) is 1.69. The molecule has 0 saturated heterocycles. The third-order valence-corrected chi connectivity index (χ3v) is 3.75. The summed E-state index contributed by atoms with van der Waals surface area (Å²) in [4.78, 5) is -0.0339. The summed E-state index contributed by atoms with van der Waals surface area (Å²) < 4.78 is 16.1. The molecule has 2 rings (SSSR count). The molecule has 18 heavy (non-hydrogen) atoms. The molecule has 1 aromatic heterocycles. The highest BCUT2D eigenvalue weighted by Gasteiger charge is 2.20. The van der Waals surface area contributed by atoms with Crippen LogP contribution < -0.4 is 9.47 Å². The Labute approximate surface area is 115 Å². The number of aryl methyl sites for hydroxylation is 1. The fraction of sp³-hybridized carbons (Fsp3) is 0.286. The van der Waals surface area contributed by atoms with Crippen molar-refractivity contribution in [3.63, 3.8) is 0 Å². The van der Waals surface area contributed by atoms with Gasteiger partial charge in [0.1, 0.15) is 22.1 Å². The van der Waals surface area contributed by atoms with Crippen molar-refractivity contribution in [3.8, 4) is 11.5 Å². The van der Waals surface area contributed by atoms with Gasteiger partial charge >= 0.3 is 0 Å². The molecular formula is C14H15BrO3. The Morgan fingerprint density at radius 2 is 1.94 bits per heavy atom. The maximum Gasteiger partial charge on any atom is 0.127 e. The second kappa shape index (κ2) is 5.48. The fourth-order valence-electron chi connectivity index (χ4n) is 1.81. The molecular weight excluding hydrogens is 296 g/mol. The maximum absolute atomic E-state index is 5.50. The Morgan fingerprint density at radius 3 is 2.50 bits per heavy atom. The molecule has 0 N–H and O–H groups in total. The number of methoxy groups -OCH3 is 2. The van der Waals surface area contributed by atoms with Crippen LogP contribution in [0, 0.1) is 6.92 Å². The molecule has 0 spiro atoms. The normalized spacial score (nSPS) is 12.2. The topological polar surface area (TPSA) is 31.6 Å². The lowest BCUT2D eigenvalue weighted by atomic mass is 10.1. The summed E-state index contributed by atoms with van der Waals surface area (Å²) in [7, 11) is 3.28. The molecule has 4 heteroatoms. The van der Waals surface area contributed by atoms with Crippen LogP contribution in [-0.2, 0) is 0 Å². The maximum atomic E-state index is 5.50. The second-order valence-electron chi connectivity index (χ2n) is 3.94. The van der Waals surface area contributed by atoms with Gasteiger partial charge in [0.25, 0.3) is 0 Å². The van der Waals surface area contributed by atoms with Gasteiger partial charge in [0.15, 0.2) is 0 Å². The van der Waals surface area contributed by atoms with Crippen molar-refractivity contribution < 1.29 is 13.9 Å². The van der Waals surface area contributed by atoms with E-state index in [2.05, 4.69) is 15.9 Å². The average molecular weight is 311 g/mol. The molecule has 0 bridgehead atoms. The van der Waals surface area contributed by atoms with Crippen molar-refractivity contribution in [2.45, 2.75) is 11.8 Å². The van der Waals surface area contributed by atoms with Crippen LogP contribution in [-0.4, -0.2) is 14.2 Å². The molecule has 3 nitrogen and oxygen atoms in total. The smallest absolute Gasteiger partial charge is 0.127 e. The molecule has 2 aromatic rings. The van der Waals surface area contributed by atoms with Crippen LogP contribution >= 0.6 is 15.9 Å². The van der Waals surface area contributed by atoms with Crippen LogP contribution in [0.2, 0.25) is 0 Å². The van der Waals surface area contributed by atoms with Gasteiger partial charge in [-0.2, -0.15) is 0 Å². The summed E-state index contributed by atoms with van der Waals surface area (Å²) in [5.41, 5.74) is 2.12. The number of hydrogen-bond donors (Lipinski definition) is 0. The zero-order chi connectivity index (χ0) is 13.1. The van der Waals surface area contributed by atoms with Gasteiger partial charge in [-0.3, -0.25) is 0 Å². The van der Waals surface area contributed by atoms with Crippen molar-refractivity contribution in [2.75, 3.05) is 14.2 Å². The lowest BCUT2D eigenvalue weighted by Gasteiger charge is -2.14. The number of ether oxygens (including phenoxy) is 2. The molecule has 1 atom stereocenters. The Bertz CT molecular complexity index is 534. The minimum Gasteiger partial charge on any atom is -0.497 e. The van der Waals surface area contributed by atoms with E-state index in [0.29, 0.717) is 0 Å². The van der Waals surface area contributed by atoms with Crippen LogP contribution in [0.15, 0.2) is 34.9 Å². The van der Waals surface area contributed by atoms with Gasteiger partial charge < -0.3 is 13.9 Å². The van der Waals surface area contributed by atoms with Gasteiger partial charge in [-0.1, -0.05) is 22.0 Å². The third-order valence-electron chi connectivity index (χ3n) is 2.85. The van der Waals surface area contributed by atoms with E-state index in [1.54, 1.807) is 20.5 Å². The van der Waals surface area contributed by atoms with Gasteiger partial charge in [0.05, 0.1) is 20.5 Å². The van der Waals surface area contributed by atoms with Crippen molar-refractivity contribution >= 4 is 15.9 Å². The summed E-state index contributed by atoms with van der Waals surface area (Å²) >= 11 is 3.65. The molecule has 1 aromatic carbocycles. The molecule has 1 unspecified atom stereocenters. The highest BCUT2D eigenvalue weighted by atomic mass is 79.9. The quantitative estimate of drug-likeness (QED) is 0.797. The summed E-state index contributed by atoms with van der Waals surface area (Å²) in [5.74, 6) is 2.43. The Balaban J connectivity index is 2.41. The predicted molar refractivity (Wildman–Crippen MR) is 73.8 cm³/mol. The van der Waals surface area contributed by atoms with E-state index < -0.39 is 0 Å². The Hall–Kier alpha value is -1.42. The zero-order valence-corrected chi connectivity index (χ0v) is 12.2. The monoisotopic (exact) mass is 310 g/mol. The molecule has 1 heterocycles. The van der Waals surface area contributed by atoms with Gasteiger partial charge in [-0.25, -0.2) is 0 Å². The minimum absolute atomic E-state index is 0.0339. The van der Waals surface area contributed by atoms with E-state index in [1.165, 1.54) is 0 Å².